The van der Waals surface area contributed by atoms with Crippen LogP contribution < -0.4 is 5.32 Å². The summed E-state index contributed by atoms with van der Waals surface area (Å²) in [6, 6.07) is -0.423. The summed E-state index contributed by atoms with van der Waals surface area (Å²) in [5.41, 5.74) is 0. The van der Waals surface area contributed by atoms with Crippen molar-refractivity contribution in [1.29, 1.82) is 0 Å². The van der Waals surface area contributed by atoms with Crippen LogP contribution in [-0.2, 0) is 9.59 Å². The Morgan fingerprint density at radius 1 is 1.62 bits per heavy atom. The molecule has 0 saturated carbocycles. The van der Waals surface area contributed by atoms with Crippen molar-refractivity contribution in [3.8, 4) is 0 Å². The minimum absolute atomic E-state index is 0.111. The highest BCUT2D eigenvalue weighted by atomic mass is 16.2. The number of carbonyl (C=O) groups is 2. The minimum Gasteiger partial charge on any atom is -0.353 e. The molecule has 0 aliphatic carbocycles. The fourth-order valence-electron chi connectivity index (χ4n) is 1.62. The number of carbonyl (C=O) groups excluding carboxylic acids is 2. The van der Waals surface area contributed by atoms with Gasteiger partial charge in [-0.1, -0.05) is 0 Å². The molecule has 1 aromatic rings. The van der Waals surface area contributed by atoms with E-state index in [1.165, 1.54) is 22.2 Å². The van der Waals surface area contributed by atoms with Crippen LogP contribution in [0.4, 0.5) is 0 Å². The molecule has 0 unspecified atom stereocenters. The van der Waals surface area contributed by atoms with Gasteiger partial charge >= 0.3 is 0 Å². The molecule has 1 atom stereocenters. The number of hydrogen-bond acceptors (Lipinski definition) is 4. The number of amides is 2. The second kappa shape index (κ2) is 4.30. The number of nitrogens with one attached hydrogen (secondary N) is 1. The van der Waals surface area contributed by atoms with Crippen LogP contribution in [0.3, 0.4) is 0 Å². The molecule has 0 spiro atoms. The van der Waals surface area contributed by atoms with E-state index in [1.807, 2.05) is 0 Å². The molecule has 2 amide bonds. The molecule has 1 aliphatic heterocycles. The quantitative estimate of drug-likeness (QED) is 0.682. The lowest BCUT2D eigenvalue weighted by Gasteiger charge is -2.28. The zero-order valence-electron chi connectivity index (χ0n) is 8.96. The average molecular weight is 223 g/mol. The minimum atomic E-state index is -0.423. The number of piperazine rings is 1. The molecule has 7 nitrogen and oxygen atoms in total. The largest absolute Gasteiger partial charge is 0.353 e. The molecule has 1 aliphatic rings. The SMILES string of the molecule is C[C@H](C(=O)N1CCNC(=O)C1)n1cncn1. The summed E-state index contributed by atoms with van der Waals surface area (Å²) in [5.74, 6) is -0.231. The Kier molecular flexibility index (Phi) is 2.84. The third-order valence-electron chi connectivity index (χ3n) is 2.54. The van der Waals surface area contributed by atoms with Gasteiger partial charge in [-0.05, 0) is 6.92 Å². The van der Waals surface area contributed by atoms with E-state index in [1.54, 1.807) is 6.92 Å². The molecule has 0 bridgehead atoms. The van der Waals surface area contributed by atoms with E-state index in [0.717, 1.165) is 0 Å². The molecule has 1 N–H and O–H groups in total. The van der Waals surface area contributed by atoms with Crippen molar-refractivity contribution < 1.29 is 9.59 Å². The van der Waals surface area contributed by atoms with Crippen LogP contribution in [0.5, 0.6) is 0 Å². The Bertz CT molecular complexity index is 389. The predicted molar refractivity (Wildman–Crippen MR) is 54.3 cm³/mol. The maximum atomic E-state index is 12.0. The van der Waals surface area contributed by atoms with Gasteiger partial charge < -0.3 is 10.2 Å². The van der Waals surface area contributed by atoms with Crippen molar-refractivity contribution in [3.05, 3.63) is 12.7 Å². The smallest absolute Gasteiger partial charge is 0.247 e. The molecule has 1 aromatic heterocycles. The lowest BCUT2D eigenvalue weighted by atomic mass is 10.2. The average Bonchev–Trinajstić information content (AvgIpc) is 2.80. The normalized spacial score (nSPS) is 18.1. The number of nitrogens with zero attached hydrogens (tertiary/aromatic N) is 4. The first-order chi connectivity index (χ1) is 7.68. The molecular formula is C9H13N5O2. The zero-order valence-corrected chi connectivity index (χ0v) is 8.96. The van der Waals surface area contributed by atoms with Gasteiger partial charge in [-0.3, -0.25) is 9.59 Å². The van der Waals surface area contributed by atoms with Gasteiger partial charge in [0.15, 0.2) is 0 Å². The van der Waals surface area contributed by atoms with E-state index >= 15 is 0 Å². The Morgan fingerprint density at radius 2 is 2.44 bits per heavy atom. The lowest BCUT2D eigenvalue weighted by Crippen LogP contribution is -2.51. The Morgan fingerprint density at radius 3 is 3.06 bits per heavy atom. The molecule has 16 heavy (non-hydrogen) atoms. The zero-order chi connectivity index (χ0) is 11.5. The van der Waals surface area contributed by atoms with Gasteiger partial charge in [-0.25, -0.2) is 9.67 Å². The standard InChI is InChI=1S/C9H13N5O2/c1-7(14-6-10-5-12-14)9(16)13-3-2-11-8(15)4-13/h5-7H,2-4H2,1H3,(H,11,15)/t7-/m1/s1. The highest BCUT2D eigenvalue weighted by Gasteiger charge is 2.26. The highest BCUT2D eigenvalue weighted by Crippen LogP contribution is 2.08. The molecule has 2 heterocycles. The molecule has 1 fully saturated rings. The van der Waals surface area contributed by atoms with Gasteiger partial charge in [0.25, 0.3) is 0 Å². The maximum absolute atomic E-state index is 12.0. The number of rotatable bonds is 2. The van der Waals surface area contributed by atoms with Crippen molar-refractivity contribution in [2.24, 2.45) is 0 Å². The summed E-state index contributed by atoms with van der Waals surface area (Å²) < 4.78 is 1.48. The first-order valence-electron chi connectivity index (χ1n) is 5.08. The number of hydrogen-bond donors (Lipinski definition) is 1. The summed E-state index contributed by atoms with van der Waals surface area (Å²) in [5, 5.41) is 6.58. The van der Waals surface area contributed by atoms with Crippen LogP contribution in [0.15, 0.2) is 12.7 Å². The Hall–Kier alpha value is -1.92. The fraction of sp³-hybridized carbons (Fsp3) is 0.556. The fourth-order valence-corrected chi connectivity index (χ4v) is 1.62. The molecule has 0 radical (unpaired) electrons. The summed E-state index contributed by atoms with van der Waals surface area (Å²) in [4.78, 5) is 28.5. The van der Waals surface area contributed by atoms with Crippen molar-refractivity contribution in [2.45, 2.75) is 13.0 Å². The summed E-state index contributed by atoms with van der Waals surface area (Å²) >= 11 is 0. The van der Waals surface area contributed by atoms with Gasteiger partial charge in [0.1, 0.15) is 18.7 Å². The molecule has 7 heteroatoms. The van der Waals surface area contributed by atoms with Crippen molar-refractivity contribution in [1.82, 2.24) is 25.0 Å². The van der Waals surface area contributed by atoms with Gasteiger partial charge in [0.05, 0.1) is 6.54 Å². The van der Waals surface area contributed by atoms with Crippen LogP contribution in [-0.4, -0.2) is 51.1 Å². The monoisotopic (exact) mass is 223 g/mol. The molecular weight excluding hydrogens is 210 g/mol. The van der Waals surface area contributed by atoms with Crippen LogP contribution in [0.2, 0.25) is 0 Å². The van der Waals surface area contributed by atoms with E-state index < -0.39 is 6.04 Å². The van der Waals surface area contributed by atoms with Crippen molar-refractivity contribution >= 4 is 11.8 Å². The van der Waals surface area contributed by atoms with Crippen LogP contribution >= 0.6 is 0 Å². The van der Waals surface area contributed by atoms with Gasteiger partial charge in [0, 0.05) is 13.1 Å². The third-order valence-corrected chi connectivity index (χ3v) is 2.54. The van der Waals surface area contributed by atoms with E-state index in [9.17, 15) is 9.59 Å². The molecule has 2 rings (SSSR count). The molecule has 1 saturated heterocycles. The van der Waals surface area contributed by atoms with E-state index in [4.69, 9.17) is 0 Å². The summed E-state index contributed by atoms with van der Waals surface area (Å²) in [7, 11) is 0. The van der Waals surface area contributed by atoms with Crippen LogP contribution in [0, 0.1) is 0 Å². The first-order valence-corrected chi connectivity index (χ1v) is 5.08. The Labute approximate surface area is 92.4 Å². The van der Waals surface area contributed by atoms with Gasteiger partial charge in [-0.2, -0.15) is 5.10 Å². The predicted octanol–water partition coefficient (Wildman–Crippen LogP) is -1.20. The van der Waals surface area contributed by atoms with Crippen molar-refractivity contribution in [2.75, 3.05) is 19.6 Å². The lowest BCUT2D eigenvalue weighted by molar-refractivity contribution is -0.140. The first kappa shape index (κ1) is 10.6. The molecule has 86 valence electrons. The second-order valence-electron chi connectivity index (χ2n) is 3.66. The topological polar surface area (TPSA) is 80.1 Å². The Balaban J connectivity index is 2.04. The summed E-state index contributed by atoms with van der Waals surface area (Å²) in [6.45, 7) is 2.92. The highest BCUT2D eigenvalue weighted by molar-refractivity contribution is 5.87. The van der Waals surface area contributed by atoms with E-state index in [0.29, 0.717) is 13.1 Å². The second-order valence-corrected chi connectivity index (χ2v) is 3.66. The molecule has 0 aromatic carbocycles. The van der Waals surface area contributed by atoms with Gasteiger partial charge in [0.2, 0.25) is 11.8 Å². The number of aromatic nitrogens is 3. The third kappa shape index (κ3) is 2.02. The van der Waals surface area contributed by atoms with E-state index in [2.05, 4.69) is 15.4 Å². The van der Waals surface area contributed by atoms with Gasteiger partial charge in [-0.15, -0.1) is 0 Å². The van der Waals surface area contributed by atoms with Crippen molar-refractivity contribution in [3.63, 3.8) is 0 Å². The van der Waals surface area contributed by atoms with E-state index in [-0.39, 0.29) is 18.4 Å². The maximum Gasteiger partial charge on any atom is 0.247 e. The van der Waals surface area contributed by atoms with Crippen LogP contribution in [0.25, 0.3) is 0 Å². The summed E-state index contributed by atoms with van der Waals surface area (Å²) in [6.07, 6.45) is 2.87. The van der Waals surface area contributed by atoms with Crippen LogP contribution in [0.1, 0.15) is 13.0 Å².